The molecule has 31 heavy (non-hydrogen) atoms. The summed E-state index contributed by atoms with van der Waals surface area (Å²) < 4.78 is 27.8. The van der Waals surface area contributed by atoms with Gasteiger partial charge in [-0.2, -0.15) is 0 Å². The van der Waals surface area contributed by atoms with Crippen LogP contribution in [-0.2, 0) is 21.4 Å². The summed E-state index contributed by atoms with van der Waals surface area (Å²) in [4.78, 5) is 12.6. The van der Waals surface area contributed by atoms with Crippen LogP contribution in [0.4, 0.5) is 5.69 Å². The maximum atomic E-state index is 12.5. The first-order valence-electron chi connectivity index (χ1n) is 10.3. The van der Waals surface area contributed by atoms with Crippen molar-refractivity contribution in [2.45, 2.75) is 54.6 Å². The molecule has 1 aromatic carbocycles. The molecule has 1 aliphatic carbocycles. The Balaban J connectivity index is 1.66. The first-order chi connectivity index (χ1) is 14.8. The highest BCUT2D eigenvalue weighted by Crippen LogP contribution is 2.33. The number of aromatic nitrogens is 3. The first kappa shape index (κ1) is 23.5. The zero-order chi connectivity index (χ0) is 22.4. The van der Waals surface area contributed by atoms with E-state index in [2.05, 4.69) is 22.1 Å². The van der Waals surface area contributed by atoms with E-state index in [0.717, 1.165) is 23.0 Å². The topological polar surface area (TPSA) is 97.2 Å². The predicted molar refractivity (Wildman–Crippen MR) is 123 cm³/mol. The van der Waals surface area contributed by atoms with E-state index in [4.69, 9.17) is 0 Å². The molecule has 0 unspecified atom stereocenters. The van der Waals surface area contributed by atoms with Crippen LogP contribution in [0.3, 0.4) is 0 Å². The lowest BCUT2D eigenvalue weighted by Crippen LogP contribution is -2.22. The molecule has 0 radical (unpaired) electrons. The van der Waals surface area contributed by atoms with Gasteiger partial charge in [0.25, 0.3) is 0 Å². The number of sulfonamides is 1. The van der Waals surface area contributed by atoms with Crippen LogP contribution in [-0.4, -0.2) is 53.2 Å². The number of carbonyl (C=O) groups is 1. The van der Waals surface area contributed by atoms with Gasteiger partial charge < -0.3 is 9.88 Å². The van der Waals surface area contributed by atoms with Crippen molar-refractivity contribution in [1.29, 1.82) is 0 Å². The van der Waals surface area contributed by atoms with E-state index in [1.807, 2.05) is 10.6 Å². The molecule has 1 saturated carbocycles. The second-order valence-corrected chi connectivity index (χ2v) is 10.8. The number of hydrogen-bond acceptors (Lipinski definition) is 6. The fraction of sp³-hybridized carbons (Fsp3) is 0.476. The molecule has 0 bridgehead atoms. The van der Waals surface area contributed by atoms with Crippen LogP contribution in [0, 0.1) is 0 Å². The second kappa shape index (κ2) is 10.4. The van der Waals surface area contributed by atoms with E-state index in [9.17, 15) is 13.2 Å². The standard InChI is InChI=1S/C21H29N5O3S2/c1-4-13-26-20(16-9-6-5-7-10-16)23-24-21(26)30-15-19(27)22-17-11-8-12-18(14-17)31(28,29)25(2)3/h4,8,11-12,14,16H,1,5-7,9-10,13,15H2,2-3H3,(H,22,27). The first-order valence-corrected chi connectivity index (χ1v) is 12.7. The van der Waals surface area contributed by atoms with Crippen molar-refractivity contribution in [3.8, 4) is 0 Å². The number of anilines is 1. The van der Waals surface area contributed by atoms with E-state index in [1.165, 1.54) is 57.3 Å². The van der Waals surface area contributed by atoms with Crippen molar-refractivity contribution in [3.05, 3.63) is 42.7 Å². The molecule has 0 spiro atoms. The zero-order valence-corrected chi connectivity index (χ0v) is 19.6. The number of allylic oxidation sites excluding steroid dienone is 1. The molecule has 1 amide bonds. The Kier molecular flexibility index (Phi) is 7.90. The van der Waals surface area contributed by atoms with Gasteiger partial charge in [-0.15, -0.1) is 16.8 Å². The third-order valence-electron chi connectivity index (χ3n) is 5.26. The highest BCUT2D eigenvalue weighted by atomic mass is 32.2. The maximum absolute atomic E-state index is 12.5. The van der Waals surface area contributed by atoms with Crippen LogP contribution in [0.25, 0.3) is 0 Å². The number of nitrogens with one attached hydrogen (secondary N) is 1. The Morgan fingerprint density at radius 1 is 1.29 bits per heavy atom. The average molecular weight is 464 g/mol. The van der Waals surface area contributed by atoms with Gasteiger partial charge in [0.15, 0.2) is 5.16 Å². The van der Waals surface area contributed by atoms with Gasteiger partial charge >= 0.3 is 0 Å². The third-order valence-corrected chi connectivity index (χ3v) is 8.03. The molecule has 0 saturated heterocycles. The Hall–Kier alpha value is -2.17. The van der Waals surface area contributed by atoms with Gasteiger partial charge in [0.2, 0.25) is 15.9 Å². The van der Waals surface area contributed by atoms with Crippen molar-refractivity contribution in [2.75, 3.05) is 25.2 Å². The number of benzene rings is 1. The molecule has 3 rings (SSSR count). The largest absolute Gasteiger partial charge is 0.325 e. The van der Waals surface area contributed by atoms with E-state index in [1.54, 1.807) is 12.1 Å². The Labute approximate surface area is 188 Å². The van der Waals surface area contributed by atoms with Crippen LogP contribution in [0.2, 0.25) is 0 Å². The van der Waals surface area contributed by atoms with Gasteiger partial charge in [-0.3, -0.25) is 4.79 Å². The van der Waals surface area contributed by atoms with Crippen molar-refractivity contribution in [2.24, 2.45) is 0 Å². The number of amides is 1. The van der Waals surface area contributed by atoms with E-state index < -0.39 is 10.0 Å². The van der Waals surface area contributed by atoms with Crippen molar-refractivity contribution >= 4 is 33.4 Å². The summed E-state index contributed by atoms with van der Waals surface area (Å²) in [7, 11) is -0.624. The summed E-state index contributed by atoms with van der Waals surface area (Å²) in [5, 5.41) is 12.2. The Morgan fingerprint density at radius 2 is 2.03 bits per heavy atom. The lowest BCUT2D eigenvalue weighted by Gasteiger charge is -2.21. The SMILES string of the molecule is C=CCn1c(SCC(=O)Nc2cccc(S(=O)(=O)N(C)C)c2)nnc1C1CCCCC1. The molecule has 1 aromatic heterocycles. The van der Waals surface area contributed by atoms with Crippen LogP contribution in [0.5, 0.6) is 0 Å². The molecule has 1 aliphatic rings. The number of rotatable bonds is 9. The van der Waals surface area contributed by atoms with E-state index in [0.29, 0.717) is 23.3 Å². The summed E-state index contributed by atoms with van der Waals surface area (Å²) in [5.41, 5.74) is 0.434. The number of thioether (sulfide) groups is 1. The Bertz CT molecular complexity index is 1030. The predicted octanol–water partition coefficient (Wildman–Crippen LogP) is 3.49. The molecule has 1 heterocycles. The number of carbonyl (C=O) groups excluding carboxylic acids is 1. The van der Waals surface area contributed by atoms with Gasteiger partial charge in [0.1, 0.15) is 5.82 Å². The molecule has 1 fully saturated rings. The van der Waals surface area contributed by atoms with Crippen molar-refractivity contribution < 1.29 is 13.2 Å². The number of nitrogens with zero attached hydrogens (tertiary/aromatic N) is 4. The molecule has 1 N–H and O–H groups in total. The summed E-state index contributed by atoms with van der Waals surface area (Å²) in [6, 6.07) is 6.23. The molecule has 0 atom stereocenters. The van der Waals surface area contributed by atoms with Gasteiger partial charge in [-0.1, -0.05) is 43.2 Å². The average Bonchev–Trinajstić information content (AvgIpc) is 3.16. The minimum Gasteiger partial charge on any atom is -0.325 e. The van der Waals surface area contributed by atoms with Crippen molar-refractivity contribution in [3.63, 3.8) is 0 Å². The Morgan fingerprint density at radius 3 is 2.71 bits per heavy atom. The minimum atomic E-state index is -3.56. The van der Waals surface area contributed by atoms with Gasteiger partial charge in [-0.25, -0.2) is 12.7 Å². The number of hydrogen-bond donors (Lipinski definition) is 1. The normalized spacial score (nSPS) is 15.2. The summed E-state index contributed by atoms with van der Waals surface area (Å²) in [6.07, 6.45) is 7.74. The molecule has 10 heteroatoms. The molecule has 0 aliphatic heterocycles. The monoisotopic (exact) mass is 463 g/mol. The molecule has 168 valence electrons. The zero-order valence-electron chi connectivity index (χ0n) is 18.0. The van der Waals surface area contributed by atoms with Gasteiger partial charge in [0, 0.05) is 32.2 Å². The van der Waals surface area contributed by atoms with Gasteiger partial charge in [0.05, 0.1) is 10.6 Å². The lowest BCUT2D eigenvalue weighted by atomic mass is 9.89. The molecular formula is C21H29N5O3S2. The van der Waals surface area contributed by atoms with Gasteiger partial charge in [-0.05, 0) is 31.0 Å². The summed E-state index contributed by atoms with van der Waals surface area (Å²) in [6.45, 7) is 4.44. The highest BCUT2D eigenvalue weighted by molar-refractivity contribution is 7.99. The van der Waals surface area contributed by atoms with Crippen LogP contribution >= 0.6 is 11.8 Å². The maximum Gasteiger partial charge on any atom is 0.242 e. The highest BCUT2D eigenvalue weighted by Gasteiger charge is 2.23. The summed E-state index contributed by atoms with van der Waals surface area (Å²) >= 11 is 1.32. The van der Waals surface area contributed by atoms with Crippen molar-refractivity contribution in [1.82, 2.24) is 19.1 Å². The minimum absolute atomic E-state index is 0.130. The fourth-order valence-corrected chi connectivity index (χ4v) is 5.35. The van der Waals surface area contributed by atoms with Crippen LogP contribution in [0.1, 0.15) is 43.8 Å². The lowest BCUT2D eigenvalue weighted by molar-refractivity contribution is -0.113. The van der Waals surface area contributed by atoms with E-state index >= 15 is 0 Å². The van der Waals surface area contributed by atoms with E-state index in [-0.39, 0.29) is 16.6 Å². The smallest absolute Gasteiger partial charge is 0.242 e. The second-order valence-electron chi connectivity index (χ2n) is 7.73. The molecule has 2 aromatic rings. The summed E-state index contributed by atoms with van der Waals surface area (Å²) in [5.74, 6) is 1.29. The van der Waals surface area contributed by atoms with Crippen LogP contribution in [0.15, 0.2) is 47.0 Å². The molecular weight excluding hydrogens is 434 g/mol. The van der Waals surface area contributed by atoms with Crippen LogP contribution < -0.4 is 5.32 Å². The fourth-order valence-electron chi connectivity index (χ4n) is 3.64. The molecule has 8 nitrogen and oxygen atoms in total. The third kappa shape index (κ3) is 5.75. The quantitative estimate of drug-likeness (QED) is 0.452.